The van der Waals surface area contributed by atoms with E-state index < -0.39 is 5.97 Å². The summed E-state index contributed by atoms with van der Waals surface area (Å²) in [6.07, 6.45) is 1.69. The Morgan fingerprint density at radius 2 is 1.81 bits per heavy atom. The zero-order valence-corrected chi connectivity index (χ0v) is 15.3. The van der Waals surface area contributed by atoms with Gasteiger partial charge >= 0.3 is 5.97 Å². The van der Waals surface area contributed by atoms with Crippen LogP contribution in [0.1, 0.15) is 18.4 Å². The van der Waals surface area contributed by atoms with Crippen LogP contribution in [-0.4, -0.2) is 16.9 Å². The third-order valence-corrected chi connectivity index (χ3v) is 3.91. The van der Waals surface area contributed by atoms with E-state index in [9.17, 15) is 9.59 Å². The molecule has 0 atom stereocenters. The minimum atomic E-state index is -0.395. The van der Waals surface area contributed by atoms with Crippen LogP contribution in [0.3, 0.4) is 0 Å². The second-order valence-corrected chi connectivity index (χ2v) is 6.28. The Morgan fingerprint density at radius 1 is 1.11 bits per heavy atom. The molecule has 0 aliphatic rings. The Bertz CT molecular complexity index is 933. The molecule has 2 aromatic carbocycles. The van der Waals surface area contributed by atoms with Crippen molar-refractivity contribution in [2.24, 2.45) is 0 Å². The molecular formula is C20H17ClN2O4. The summed E-state index contributed by atoms with van der Waals surface area (Å²) < 4.78 is 10.8. The fourth-order valence-electron chi connectivity index (χ4n) is 2.39. The maximum Gasteiger partial charge on any atom is 0.310 e. The molecule has 0 aliphatic heterocycles. The lowest BCUT2D eigenvalue weighted by Gasteiger charge is -2.05. The fraction of sp³-hybridized carbons (Fsp3) is 0.150. The number of nitrogens with zero attached hydrogens (tertiary/aromatic N) is 1. The van der Waals surface area contributed by atoms with Crippen molar-refractivity contribution in [1.82, 2.24) is 4.98 Å². The zero-order valence-electron chi connectivity index (χ0n) is 14.6. The number of hydrogen-bond acceptors (Lipinski definition) is 5. The Morgan fingerprint density at radius 3 is 2.48 bits per heavy atom. The Kier molecular flexibility index (Phi) is 5.88. The number of halogens is 1. The van der Waals surface area contributed by atoms with Gasteiger partial charge in [0.05, 0.1) is 12.6 Å². The lowest BCUT2D eigenvalue weighted by atomic mass is 10.1. The number of benzene rings is 2. The van der Waals surface area contributed by atoms with Crippen LogP contribution in [0.15, 0.2) is 59.1 Å². The maximum absolute atomic E-state index is 12.0. The second kappa shape index (κ2) is 8.51. The van der Waals surface area contributed by atoms with Crippen LogP contribution < -0.4 is 5.32 Å². The average molecular weight is 385 g/mol. The molecule has 0 bridgehead atoms. The monoisotopic (exact) mass is 384 g/mol. The number of aromatic nitrogens is 1. The molecular weight excluding hydrogens is 368 g/mol. The number of anilines is 1. The molecule has 0 saturated heterocycles. The Hall–Kier alpha value is -3.12. The summed E-state index contributed by atoms with van der Waals surface area (Å²) in [7, 11) is 0. The van der Waals surface area contributed by atoms with Crippen molar-refractivity contribution >= 4 is 29.2 Å². The first-order valence-corrected chi connectivity index (χ1v) is 8.60. The highest BCUT2D eigenvalue weighted by molar-refractivity contribution is 6.30. The maximum atomic E-state index is 12.0. The number of oxazole rings is 1. The van der Waals surface area contributed by atoms with Gasteiger partial charge in [-0.15, -0.1) is 0 Å². The van der Waals surface area contributed by atoms with Crippen LogP contribution >= 0.6 is 11.6 Å². The van der Waals surface area contributed by atoms with Crippen LogP contribution in [0.5, 0.6) is 0 Å². The molecule has 7 heteroatoms. The van der Waals surface area contributed by atoms with E-state index in [1.165, 1.54) is 6.92 Å². The topological polar surface area (TPSA) is 81.4 Å². The predicted molar refractivity (Wildman–Crippen MR) is 101 cm³/mol. The van der Waals surface area contributed by atoms with E-state index in [1.54, 1.807) is 42.6 Å². The van der Waals surface area contributed by atoms with Gasteiger partial charge in [0, 0.05) is 23.2 Å². The molecule has 1 heterocycles. The van der Waals surface area contributed by atoms with Crippen LogP contribution in [0.4, 0.5) is 5.69 Å². The highest BCUT2D eigenvalue weighted by Gasteiger charge is 2.10. The van der Waals surface area contributed by atoms with E-state index in [0.717, 1.165) is 11.1 Å². The quantitative estimate of drug-likeness (QED) is 0.643. The van der Waals surface area contributed by atoms with Gasteiger partial charge in [0.25, 0.3) is 0 Å². The van der Waals surface area contributed by atoms with E-state index >= 15 is 0 Å². The van der Waals surface area contributed by atoms with Gasteiger partial charge in [-0.1, -0.05) is 23.7 Å². The van der Waals surface area contributed by atoms with Gasteiger partial charge < -0.3 is 14.5 Å². The van der Waals surface area contributed by atoms with Crippen molar-refractivity contribution in [2.45, 2.75) is 20.0 Å². The Labute approximate surface area is 161 Å². The largest absolute Gasteiger partial charge is 0.455 e. The van der Waals surface area contributed by atoms with E-state index in [1.807, 2.05) is 12.1 Å². The molecule has 27 heavy (non-hydrogen) atoms. The highest BCUT2D eigenvalue weighted by atomic mass is 35.5. The van der Waals surface area contributed by atoms with Crippen molar-refractivity contribution < 1.29 is 18.7 Å². The van der Waals surface area contributed by atoms with Gasteiger partial charge in [-0.05, 0) is 42.0 Å². The predicted octanol–water partition coefficient (Wildman–Crippen LogP) is 4.24. The first kappa shape index (κ1) is 18.7. The molecule has 0 radical (unpaired) electrons. The number of amides is 1. The van der Waals surface area contributed by atoms with Gasteiger partial charge in [0.2, 0.25) is 11.8 Å². The molecule has 0 unspecified atom stereocenters. The molecule has 3 aromatic rings. The van der Waals surface area contributed by atoms with E-state index in [2.05, 4.69) is 10.3 Å². The third kappa shape index (κ3) is 5.43. The minimum absolute atomic E-state index is 0.0452. The normalized spacial score (nSPS) is 10.4. The zero-order chi connectivity index (χ0) is 19.2. The minimum Gasteiger partial charge on any atom is -0.455 e. The summed E-state index contributed by atoms with van der Waals surface area (Å²) in [4.78, 5) is 27.1. The van der Waals surface area contributed by atoms with Crippen molar-refractivity contribution in [3.8, 4) is 11.3 Å². The number of nitrogens with one attached hydrogen (secondary N) is 1. The number of carbonyl (C=O) groups is 2. The summed E-state index contributed by atoms with van der Waals surface area (Å²) in [6, 6.07) is 14.2. The van der Waals surface area contributed by atoms with Crippen LogP contribution in [-0.2, 0) is 27.4 Å². The molecule has 138 valence electrons. The highest BCUT2D eigenvalue weighted by Crippen LogP contribution is 2.22. The number of ether oxygens (including phenoxy) is 1. The van der Waals surface area contributed by atoms with Crippen molar-refractivity contribution in [3.05, 3.63) is 71.2 Å². The van der Waals surface area contributed by atoms with Crippen molar-refractivity contribution in [2.75, 3.05) is 5.32 Å². The third-order valence-electron chi connectivity index (χ3n) is 3.66. The summed E-state index contributed by atoms with van der Waals surface area (Å²) in [5.74, 6) is 0.347. The van der Waals surface area contributed by atoms with Crippen molar-refractivity contribution in [1.29, 1.82) is 0 Å². The molecule has 1 amide bonds. The smallest absolute Gasteiger partial charge is 0.310 e. The fourth-order valence-corrected chi connectivity index (χ4v) is 2.52. The van der Waals surface area contributed by atoms with E-state index in [4.69, 9.17) is 20.8 Å². The molecule has 0 spiro atoms. The lowest BCUT2D eigenvalue weighted by Crippen LogP contribution is -2.09. The molecule has 6 nitrogen and oxygen atoms in total. The van der Waals surface area contributed by atoms with Gasteiger partial charge in [0.1, 0.15) is 0 Å². The van der Waals surface area contributed by atoms with Gasteiger partial charge in [-0.2, -0.15) is 0 Å². The molecule has 1 aromatic heterocycles. The lowest BCUT2D eigenvalue weighted by molar-refractivity contribution is -0.144. The Balaban J connectivity index is 1.52. The number of hydrogen-bond donors (Lipinski definition) is 1. The summed E-state index contributed by atoms with van der Waals surface area (Å²) in [5, 5.41) is 3.30. The number of esters is 1. The van der Waals surface area contributed by atoms with Crippen LogP contribution in [0.2, 0.25) is 5.02 Å². The summed E-state index contributed by atoms with van der Waals surface area (Å²) in [6.45, 7) is 1.39. The van der Waals surface area contributed by atoms with Crippen LogP contribution in [0, 0.1) is 0 Å². The first-order chi connectivity index (χ1) is 13.0. The van der Waals surface area contributed by atoms with Gasteiger partial charge in [-0.25, -0.2) is 4.98 Å². The number of rotatable bonds is 6. The molecule has 0 aliphatic carbocycles. The number of carbonyl (C=O) groups excluding carboxylic acids is 2. The van der Waals surface area contributed by atoms with E-state index in [0.29, 0.717) is 22.4 Å². The van der Waals surface area contributed by atoms with Gasteiger partial charge in [-0.3, -0.25) is 9.59 Å². The molecule has 0 fully saturated rings. The van der Waals surface area contributed by atoms with Gasteiger partial charge in [0.15, 0.2) is 12.4 Å². The standard InChI is InChI=1S/C20H17ClN2O4/c1-13(24)23-17-8-2-14(3-9-17)10-20(25)26-12-19-22-11-18(27-19)15-4-6-16(21)7-5-15/h2-9,11H,10,12H2,1H3,(H,23,24). The molecule has 0 saturated carbocycles. The summed E-state index contributed by atoms with van der Waals surface area (Å²) >= 11 is 5.86. The second-order valence-electron chi connectivity index (χ2n) is 5.84. The van der Waals surface area contributed by atoms with Crippen molar-refractivity contribution in [3.63, 3.8) is 0 Å². The molecule has 3 rings (SSSR count). The van der Waals surface area contributed by atoms with Crippen LogP contribution in [0.25, 0.3) is 11.3 Å². The molecule has 1 N–H and O–H groups in total. The SMILES string of the molecule is CC(=O)Nc1ccc(CC(=O)OCc2ncc(-c3ccc(Cl)cc3)o2)cc1. The first-order valence-electron chi connectivity index (χ1n) is 8.22. The van der Waals surface area contributed by atoms with E-state index in [-0.39, 0.29) is 18.9 Å². The summed E-state index contributed by atoms with van der Waals surface area (Å²) in [5.41, 5.74) is 2.29. The average Bonchev–Trinajstić information content (AvgIpc) is 3.11.